The molecule has 0 fully saturated rings. The van der Waals surface area contributed by atoms with Crippen LogP contribution in [0.5, 0.6) is 0 Å². The molecule has 0 bridgehead atoms. The van der Waals surface area contributed by atoms with Gasteiger partial charge in [0.1, 0.15) is 0 Å². The molecule has 254 valence electrons. The highest BCUT2D eigenvalue weighted by Gasteiger charge is 2.40. The smallest absolute Gasteiger partial charge is 0.374 e. The summed E-state index contributed by atoms with van der Waals surface area (Å²) in [5, 5.41) is 0. The number of hydrogen-bond donors (Lipinski definition) is 0. The lowest BCUT2D eigenvalue weighted by molar-refractivity contribution is 0.0648. The predicted octanol–water partition coefficient (Wildman–Crippen LogP) is 11.2. The van der Waals surface area contributed by atoms with Gasteiger partial charge < -0.3 is 26.6 Å². The molecule has 0 amide bonds. The third-order valence-corrected chi connectivity index (χ3v) is 19.4. The molecule has 12 heteroatoms. The van der Waals surface area contributed by atoms with Gasteiger partial charge in [0, 0.05) is 63.2 Å². The van der Waals surface area contributed by atoms with Gasteiger partial charge in [0.25, 0.3) is 0 Å². The van der Waals surface area contributed by atoms with Crippen molar-refractivity contribution in [1.82, 2.24) is 0 Å². The molecule has 6 nitrogen and oxygen atoms in total. The Morgan fingerprint density at radius 3 is 1.05 bits per heavy atom. The maximum atomic E-state index is 6.34. The summed E-state index contributed by atoms with van der Waals surface area (Å²) in [6.07, 6.45) is 17.3. The largest absolute Gasteiger partial charge is 0.500 e. The van der Waals surface area contributed by atoms with Crippen molar-refractivity contribution in [3.63, 3.8) is 0 Å². The van der Waals surface area contributed by atoms with Crippen LogP contribution in [-0.4, -0.2) is 68.8 Å². The van der Waals surface area contributed by atoms with E-state index in [1.807, 2.05) is 68.9 Å². The van der Waals surface area contributed by atoms with Crippen molar-refractivity contribution in [3.05, 3.63) is 0 Å². The standard InChI is InChI=1S/C30H66O6S4Si2/c1-7-13-15-17-19-21-25-35-41(31-9-3,32-10-4)29-23-27-37-39-40-38-28-24-30-42(33-11-5,34-12-6)36-26-22-20-18-16-14-8-2/h7-30H2,1-6H3. The van der Waals surface area contributed by atoms with Gasteiger partial charge in [-0.25, -0.2) is 0 Å². The molecule has 0 N–H and O–H groups in total. The van der Waals surface area contributed by atoms with Gasteiger partial charge in [-0.15, -0.1) is 0 Å². The number of hydrogen-bond acceptors (Lipinski definition) is 10. The second kappa shape index (κ2) is 32.5. The van der Waals surface area contributed by atoms with E-state index in [0.29, 0.717) is 26.4 Å². The zero-order chi connectivity index (χ0) is 31.0. The minimum Gasteiger partial charge on any atom is -0.374 e. The monoisotopic (exact) mass is 706 g/mol. The lowest BCUT2D eigenvalue weighted by Gasteiger charge is -2.29. The van der Waals surface area contributed by atoms with Crippen LogP contribution in [0.3, 0.4) is 0 Å². The normalized spacial score (nSPS) is 12.4. The second-order valence-electron chi connectivity index (χ2n) is 10.3. The molecule has 0 aromatic heterocycles. The quantitative estimate of drug-likeness (QED) is 0.0361. The van der Waals surface area contributed by atoms with Crippen LogP contribution in [0.2, 0.25) is 12.1 Å². The zero-order valence-corrected chi connectivity index (χ0v) is 33.3. The van der Waals surface area contributed by atoms with Gasteiger partial charge in [-0.3, -0.25) is 0 Å². The molecule has 0 atom stereocenters. The summed E-state index contributed by atoms with van der Waals surface area (Å²) in [5.41, 5.74) is 0. The molecular formula is C30H66O6S4Si2. The topological polar surface area (TPSA) is 55.4 Å². The molecular weight excluding hydrogens is 641 g/mol. The summed E-state index contributed by atoms with van der Waals surface area (Å²) < 4.78 is 37.3. The first-order valence-electron chi connectivity index (χ1n) is 17.0. The van der Waals surface area contributed by atoms with E-state index in [1.54, 1.807) is 0 Å². The molecule has 0 saturated heterocycles. The average molecular weight is 707 g/mol. The first-order valence-corrected chi connectivity index (χ1v) is 26.0. The Bertz CT molecular complexity index is 500. The van der Waals surface area contributed by atoms with Crippen LogP contribution < -0.4 is 0 Å². The SMILES string of the molecule is CCCCCCCCO[Si](CCCSSSSCCC[Si](OCC)(OCC)OCCCCCCCC)(OCC)OCC. The van der Waals surface area contributed by atoms with Crippen molar-refractivity contribution in [2.75, 3.05) is 51.1 Å². The van der Waals surface area contributed by atoms with Crippen LogP contribution in [0.15, 0.2) is 0 Å². The van der Waals surface area contributed by atoms with Gasteiger partial charge in [0.2, 0.25) is 0 Å². The van der Waals surface area contributed by atoms with Crippen molar-refractivity contribution >= 4 is 58.8 Å². The van der Waals surface area contributed by atoms with E-state index >= 15 is 0 Å². The predicted molar refractivity (Wildman–Crippen MR) is 196 cm³/mol. The molecule has 0 aliphatic carbocycles. The lowest BCUT2D eigenvalue weighted by atomic mass is 10.1. The summed E-state index contributed by atoms with van der Waals surface area (Å²) in [6.45, 7) is 16.8. The maximum absolute atomic E-state index is 6.34. The Labute approximate surface area is 278 Å². The Morgan fingerprint density at radius 1 is 0.381 bits per heavy atom. The summed E-state index contributed by atoms with van der Waals surface area (Å²) >= 11 is 0. The highest BCUT2D eigenvalue weighted by Crippen LogP contribution is 2.44. The highest BCUT2D eigenvalue weighted by molar-refractivity contribution is 9.26. The molecule has 0 rings (SSSR count). The van der Waals surface area contributed by atoms with E-state index in [4.69, 9.17) is 26.6 Å². The van der Waals surface area contributed by atoms with Gasteiger partial charge in [-0.2, -0.15) is 0 Å². The molecule has 0 heterocycles. The summed E-state index contributed by atoms with van der Waals surface area (Å²) in [7, 11) is 2.43. The van der Waals surface area contributed by atoms with Crippen molar-refractivity contribution in [3.8, 4) is 0 Å². The van der Waals surface area contributed by atoms with E-state index in [1.165, 1.54) is 64.2 Å². The van der Waals surface area contributed by atoms with Gasteiger partial charge in [0.05, 0.1) is 0 Å². The van der Waals surface area contributed by atoms with Crippen LogP contribution in [0.1, 0.15) is 131 Å². The first kappa shape index (κ1) is 43.6. The van der Waals surface area contributed by atoms with E-state index < -0.39 is 17.6 Å². The van der Waals surface area contributed by atoms with Gasteiger partial charge >= 0.3 is 17.6 Å². The maximum Gasteiger partial charge on any atom is 0.500 e. The third kappa shape index (κ3) is 24.8. The summed E-state index contributed by atoms with van der Waals surface area (Å²) in [5.74, 6) is 2.15. The van der Waals surface area contributed by atoms with Crippen molar-refractivity contribution in [2.24, 2.45) is 0 Å². The van der Waals surface area contributed by atoms with Crippen LogP contribution in [0.4, 0.5) is 0 Å². The zero-order valence-electron chi connectivity index (χ0n) is 28.1. The first-order chi connectivity index (χ1) is 20.6. The molecule has 42 heavy (non-hydrogen) atoms. The molecule has 0 aromatic rings. The Balaban J connectivity index is 4.23. The van der Waals surface area contributed by atoms with E-state index in [-0.39, 0.29) is 0 Å². The van der Waals surface area contributed by atoms with E-state index in [9.17, 15) is 0 Å². The van der Waals surface area contributed by atoms with Crippen molar-refractivity contribution in [2.45, 2.75) is 144 Å². The third-order valence-electron chi connectivity index (χ3n) is 6.64. The number of unbranched alkanes of at least 4 members (excludes halogenated alkanes) is 10. The van der Waals surface area contributed by atoms with Crippen molar-refractivity contribution < 1.29 is 26.6 Å². The minimum atomic E-state index is -2.58. The molecule has 0 radical (unpaired) electrons. The molecule has 0 aliphatic rings. The Kier molecular flexibility index (Phi) is 33.8. The van der Waals surface area contributed by atoms with Gasteiger partial charge in [0.15, 0.2) is 0 Å². The fourth-order valence-electron chi connectivity index (χ4n) is 4.59. The highest BCUT2D eigenvalue weighted by atomic mass is 33.7. The molecule has 0 spiro atoms. The Morgan fingerprint density at radius 2 is 0.714 bits per heavy atom. The molecule has 0 unspecified atom stereocenters. The molecule has 0 aliphatic heterocycles. The van der Waals surface area contributed by atoms with Crippen LogP contribution in [0, 0.1) is 0 Å². The van der Waals surface area contributed by atoms with Crippen LogP contribution in [-0.2, 0) is 26.6 Å². The van der Waals surface area contributed by atoms with E-state index in [2.05, 4.69) is 13.8 Å². The average Bonchev–Trinajstić information content (AvgIpc) is 2.98. The van der Waals surface area contributed by atoms with Gasteiger partial charge in [-0.1, -0.05) is 99.6 Å². The molecule has 0 saturated carbocycles. The van der Waals surface area contributed by atoms with Gasteiger partial charge in [-0.05, 0) is 73.0 Å². The van der Waals surface area contributed by atoms with Crippen molar-refractivity contribution in [1.29, 1.82) is 0 Å². The lowest BCUT2D eigenvalue weighted by Crippen LogP contribution is -2.46. The van der Waals surface area contributed by atoms with E-state index in [0.717, 1.165) is 62.5 Å². The molecule has 0 aromatic carbocycles. The summed E-state index contributed by atoms with van der Waals surface area (Å²) in [6, 6.07) is 1.80. The Hall–Kier alpha value is 1.59. The number of rotatable bonds is 35. The summed E-state index contributed by atoms with van der Waals surface area (Å²) in [4.78, 5) is 0. The van der Waals surface area contributed by atoms with Crippen LogP contribution >= 0.6 is 41.2 Å². The minimum absolute atomic E-state index is 0.651. The fraction of sp³-hybridized carbons (Fsp3) is 1.00. The van der Waals surface area contributed by atoms with Crippen LogP contribution in [0.25, 0.3) is 0 Å². The fourth-order valence-corrected chi connectivity index (χ4v) is 16.5. The second-order valence-corrected chi connectivity index (χ2v) is 22.0.